The fourth-order valence-electron chi connectivity index (χ4n) is 2.82. The Bertz CT molecular complexity index is 936. The average molecular weight is 381 g/mol. The summed E-state index contributed by atoms with van der Waals surface area (Å²) in [4.78, 5) is 31.3. The molecule has 0 radical (unpaired) electrons. The minimum absolute atomic E-state index is 0.0801. The summed E-state index contributed by atoms with van der Waals surface area (Å²) in [6.07, 6.45) is 9.77. The van der Waals surface area contributed by atoms with Gasteiger partial charge in [-0.3, -0.25) is 14.3 Å². The molecule has 0 saturated heterocycles. The Morgan fingerprint density at radius 1 is 1.43 bits per heavy atom. The molecule has 2 N–H and O–H groups in total. The first-order valence-corrected chi connectivity index (χ1v) is 9.34. The van der Waals surface area contributed by atoms with Crippen LogP contribution in [0, 0.1) is 6.92 Å². The van der Waals surface area contributed by atoms with Crippen molar-refractivity contribution in [1.29, 1.82) is 0 Å². The van der Waals surface area contributed by atoms with E-state index in [1.807, 2.05) is 26.8 Å². The summed E-state index contributed by atoms with van der Waals surface area (Å²) in [7, 11) is 0. The molecule has 0 spiro atoms. The van der Waals surface area contributed by atoms with Crippen molar-refractivity contribution >= 4 is 11.5 Å². The van der Waals surface area contributed by atoms with Crippen molar-refractivity contribution in [3.63, 3.8) is 0 Å². The summed E-state index contributed by atoms with van der Waals surface area (Å²) < 4.78 is 1.72. The highest BCUT2D eigenvalue weighted by Gasteiger charge is 2.11. The maximum Gasteiger partial charge on any atom is 0.251 e. The van der Waals surface area contributed by atoms with E-state index in [1.165, 1.54) is 6.33 Å². The molecule has 0 unspecified atom stereocenters. The summed E-state index contributed by atoms with van der Waals surface area (Å²) in [6.45, 7) is 10.7. The molecule has 2 heterocycles. The summed E-state index contributed by atoms with van der Waals surface area (Å²) in [5, 5.41) is 6.95. The molecular weight excluding hydrogens is 354 g/mol. The molecule has 2 aromatic rings. The molecule has 28 heavy (non-hydrogen) atoms. The monoisotopic (exact) mass is 381 g/mol. The van der Waals surface area contributed by atoms with Gasteiger partial charge in [0.2, 0.25) is 0 Å². The van der Waals surface area contributed by atoms with Gasteiger partial charge in [-0.1, -0.05) is 25.7 Å². The van der Waals surface area contributed by atoms with Gasteiger partial charge in [0.15, 0.2) is 0 Å². The molecule has 0 saturated carbocycles. The molecule has 1 amide bonds. The molecule has 2 rings (SSSR count). The topological polar surface area (TPSA) is 92.7 Å². The maximum absolute atomic E-state index is 12.5. The SMILES string of the molecule is C=C/C(=C\C(=C/C)C(=O)NCCCn1cncn1)c1cc(CC)c(=O)[nH]c1C. The van der Waals surface area contributed by atoms with Gasteiger partial charge in [0.25, 0.3) is 11.5 Å². The first-order valence-electron chi connectivity index (χ1n) is 9.34. The number of H-pyrrole nitrogens is 1. The second-order valence-electron chi connectivity index (χ2n) is 6.33. The summed E-state index contributed by atoms with van der Waals surface area (Å²) in [5.74, 6) is -0.154. The fraction of sp³-hybridized carbons (Fsp3) is 0.333. The Morgan fingerprint density at radius 2 is 2.21 bits per heavy atom. The predicted octanol–water partition coefficient (Wildman–Crippen LogP) is 2.56. The maximum atomic E-state index is 12.5. The third-order valence-electron chi connectivity index (χ3n) is 4.43. The molecule has 0 fully saturated rings. The summed E-state index contributed by atoms with van der Waals surface area (Å²) in [6, 6.07) is 1.87. The highest BCUT2D eigenvalue weighted by atomic mass is 16.1. The number of hydrogen-bond donors (Lipinski definition) is 2. The fourth-order valence-corrected chi connectivity index (χ4v) is 2.82. The molecule has 0 aliphatic rings. The number of hydrogen-bond acceptors (Lipinski definition) is 4. The Labute approximate surface area is 164 Å². The van der Waals surface area contributed by atoms with E-state index >= 15 is 0 Å². The number of pyridine rings is 1. The zero-order chi connectivity index (χ0) is 20.5. The van der Waals surface area contributed by atoms with E-state index in [4.69, 9.17) is 0 Å². The van der Waals surface area contributed by atoms with E-state index in [2.05, 4.69) is 27.0 Å². The molecule has 0 aliphatic heterocycles. The lowest BCUT2D eigenvalue weighted by Crippen LogP contribution is -2.26. The lowest BCUT2D eigenvalue weighted by Gasteiger charge is -2.11. The number of aromatic amines is 1. The number of carbonyl (C=O) groups is 1. The van der Waals surface area contributed by atoms with Crippen molar-refractivity contribution < 1.29 is 4.79 Å². The standard InChI is InChI=1S/C21H27N5O2/c1-5-16(19-12-18(7-3)21(28)25-15(19)4)11-17(6-2)20(27)23-9-8-10-26-14-22-13-24-26/h5-6,11-14H,1,7-10H2,2-4H3,(H,23,27)(H,25,28)/b16-11+,17-6+. The summed E-state index contributed by atoms with van der Waals surface area (Å²) in [5.41, 5.74) is 3.56. The number of aryl methyl sites for hydroxylation is 3. The minimum Gasteiger partial charge on any atom is -0.352 e. The van der Waals surface area contributed by atoms with E-state index < -0.39 is 0 Å². The van der Waals surface area contributed by atoms with Crippen LogP contribution in [0.25, 0.3) is 5.57 Å². The summed E-state index contributed by atoms with van der Waals surface area (Å²) >= 11 is 0. The van der Waals surface area contributed by atoms with Gasteiger partial charge in [-0.25, -0.2) is 4.98 Å². The smallest absolute Gasteiger partial charge is 0.251 e. The molecular formula is C21H27N5O2. The number of carbonyl (C=O) groups excluding carboxylic acids is 1. The largest absolute Gasteiger partial charge is 0.352 e. The first kappa shape index (κ1) is 21.1. The average Bonchev–Trinajstić information content (AvgIpc) is 3.20. The highest BCUT2D eigenvalue weighted by Crippen LogP contribution is 2.21. The van der Waals surface area contributed by atoms with Gasteiger partial charge in [0, 0.05) is 35.5 Å². The molecule has 148 valence electrons. The zero-order valence-electron chi connectivity index (χ0n) is 16.7. The van der Waals surface area contributed by atoms with Crippen LogP contribution >= 0.6 is 0 Å². The van der Waals surface area contributed by atoms with Crippen molar-refractivity contribution in [2.24, 2.45) is 0 Å². The quantitative estimate of drug-likeness (QED) is 0.397. The molecule has 0 aromatic carbocycles. The van der Waals surface area contributed by atoms with Crippen molar-refractivity contribution in [3.05, 3.63) is 76.3 Å². The molecule has 7 heteroatoms. The van der Waals surface area contributed by atoms with Gasteiger partial charge in [-0.2, -0.15) is 5.10 Å². The van der Waals surface area contributed by atoms with Crippen molar-refractivity contribution in [2.45, 2.75) is 40.2 Å². The van der Waals surface area contributed by atoms with Gasteiger partial charge in [-0.05, 0) is 44.4 Å². The number of aromatic nitrogens is 4. The molecule has 0 bridgehead atoms. The van der Waals surface area contributed by atoms with Crippen LogP contribution in [0.3, 0.4) is 0 Å². The van der Waals surface area contributed by atoms with Crippen LogP contribution in [0.4, 0.5) is 0 Å². The van der Waals surface area contributed by atoms with Crippen LogP contribution in [0.1, 0.15) is 37.1 Å². The Kier molecular flexibility index (Phi) is 7.68. The Balaban J connectivity index is 2.11. The van der Waals surface area contributed by atoms with Crippen molar-refractivity contribution in [1.82, 2.24) is 25.1 Å². The Morgan fingerprint density at radius 3 is 2.82 bits per heavy atom. The van der Waals surface area contributed by atoms with Gasteiger partial charge >= 0.3 is 0 Å². The number of nitrogens with zero attached hydrogens (tertiary/aromatic N) is 3. The third-order valence-corrected chi connectivity index (χ3v) is 4.43. The zero-order valence-corrected chi connectivity index (χ0v) is 16.7. The van der Waals surface area contributed by atoms with Gasteiger partial charge in [-0.15, -0.1) is 0 Å². The van der Waals surface area contributed by atoms with Gasteiger partial charge in [0.05, 0.1) is 0 Å². The number of rotatable bonds is 9. The molecule has 0 aliphatic carbocycles. The van der Waals surface area contributed by atoms with E-state index in [1.54, 1.807) is 29.2 Å². The first-order chi connectivity index (χ1) is 13.5. The van der Waals surface area contributed by atoms with Crippen molar-refractivity contribution in [3.8, 4) is 0 Å². The van der Waals surface area contributed by atoms with Crippen LogP contribution in [0.2, 0.25) is 0 Å². The van der Waals surface area contributed by atoms with E-state index in [0.717, 1.165) is 23.3 Å². The second kappa shape index (κ2) is 10.2. The minimum atomic E-state index is -0.154. The molecule has 0 atom stereocenters. The van der Waals surface area contributed by atoms with Gasteiger partial charge < -0.3 is 10.3 Å². The number of amides is 1. The highest BCUT2D eigenvalue weighted by molar-refractivity contribution is 5.99. The van der Waals surface area contributed by atoms with E-state index in [-0.39, 0.29) is 11.5 Å². The third kappa shape index (κ3) is 5.39. The molecule has 2 aromatic heterocycles. The lowest BCUT2D eigenvalue weighted by molar-refractivity contribution is -0.117. The van der Waals surface area contributed by atoms with Crippen LogP contribution in [0.5, 0.6) is 0 Å². The van der Waals surface area contributed by atoms with Gasteiger partial charge in [0.1, 0.15) is 12.7 Å². The van der Waals surface area contributed by atoms with E-state index in [0.29, 0.717) is 30.6 Å². The number of nitrogens with one attached hydrogen (secondary N) is 2. The number of allylic oxidation sites excluding steroid dienone is 3. The second-order valence-corrected chi connectivity index (χ2v) is 6.33. The van der Waals surface area contributed by atoms with E-state index in [9.17, 15) is 9.59 Å². The molecule has 7 nitrogen and oxygen atoms in total. The van der Waals surface area contributed by atoms with Crippen molar-refractivity contribution in [2.75, 3.05) is 6.54 Å². The van der Waals surface area contributed by atoms with Crippen LogP contribution in [-0.2, 0) is 17.8 Å². The van der Waals surface area contributed by atoms with Crippen LogP contribution in [0.15, 0.2) is 53.9 Å². The van der Waals surface area contributed by atoms with Crippen LogP contribution < -0.4 is 10.9 Å². The normalized spacial score (nSPS) is 12.1. The lowest BCUT2D eigenvalue weighted by atomic mass is 9.99. The van der Waals surface area contributed by atoms with Crippen LogP contribution in [-0.4, -0.2) is 32.2 Å². The Hall–Kier alpha value is -3.22. The predicted molar refractivity (Wildman–Crippen MR) is 111 cm³/mol.